The van der Waals surface area contributed by atoms with Gasteiger partial charge in [0.05, 0.1) is 17.8 Å². The fraction of sp³-hybridized carbons (Fsp3) is 0.158. The fourth-order valence-corrected chi connectivity index (χ4v) is 3.01. The van der Waals surface area contributed by atoms with Gasteiger partial charge in [0.15, 0.2) is 0 Å². The van der Waals surface area contributed by atoms with Crippen LogP contribution >= 0.6 is 0 Å². The second kappa shape index (κ2) is 6.00. The molecule has 5 heteroatoms. The summed E-state index contributed by atoms with van der Waals surface area (Å²) in [6.07, 6.45) is 4.42. The van der Waals surface area contributed by atoms with E-state index in [1.165, 1.54) is 24.5 Å². The van der Waals surface area contributed by atoms with E-state index in [0.29, 0.717) is 18.0 Å². The van der Waals surface area contributed by atoms with Crippen LogP contribution in [0.25, 0.3) is 11.5 Å². The van der Waals surface area contributed by atoms with E-state index in [0.717, 1.165) is 17.5 Å². The van der Waals surface area contributed by atoms with Crippen molar-refractivity contribution in [2.75, 3.05) is 0 Å². The van der Waals surface area contributed by atoms with Gasteiger partial charge in [-0.15, -0.1) is 0 Å². The van der Waals surface area contributed by atoms with Crippen LogP contribution in [-0.2, 0) is 0 Å². The lowest BCUT2D eigenvalue weighted by molar-refractivity contribution is 0.574. The molecular weight excluding hydrogens is 310 g/mol. The zero-order valence-electron chi connectivity index (χ0n) is 12.7. The van der Waals surface area contributed by atoms with Crippen molar-refractivity contribution in [1.82, 2.24) is 4.98 Å². The Bertz CT molecular complexity index is 866. The van der Waals surface area contributed by atoms with Crippen LogP contribution in [0.3, 0.4) is 0 Å². The summed E-state index contributed by atoms with van der Waals surface area (Å²) in [7, 11) is 0. The molecule has 0 amide bonds. The van der Waals surface area contributed by atoms with E-state index in [2.05, 4.69) is 9.98 Å². The molecule has 0 spiro atoms. The minimum absolute atomic E-state index is 0.00333. The van der Waals surface area contributed by atoms with Gasteiger partial charge in [0.25, 0.3) is 0 Å². The van der Waals surface area contributed by atoms with E-state index in [1.807, 2.05) is 24.3 Å². The van der Waals surface area contributed by atoms with Gasteiger partial charge in [0.1, 0.15) is 17.9 Å². The van der Waals surface area contributed by atoms with Crippen LogP contribution in [-0.4, -0.2) is 10.7 Å². The van der Waals surface area contributed by atoms with E-state index in [1.54, 1.807) is 6.20 Å². The number of aromatic nitrogens is 1. The topological polar surface area (TPSA) is 38.4 Å². The van der Waals surface area contributed by atoms with Crippen molar-refractivity contribution >= 4 is 5.71 Å². The summed E-state index contributed by atoms with van der Waals surface area (Å²) in [5.74, 6) is -0.562. The van der Waals surface area contributed by atoms with E-state index < -0.39 is 11.6 Å². The maximum Gasteiger partial charge on any atom is 0.225 e. The predicted molar refractivity (Wildman–Crippen MR) is 86.8 cm³/mol. The molecule has 0 saturated carbocycles. The van der Waals surface area contributed by atoms with Crippen LogP contribution in [0.2, 0.25) is 0 Å². The molecule has 0 saturated heterocycles. The smallest absolute Gasteiger partial charge is 0.225 e. The molecule has 1 aromatic heterocycles. The summed E-state index contributed by atoms with van der Waals surface area (Å²) in [5.41, 5.74) is 2.38. The monoisotopic (exact) mass is 324 g/mol. The second-order valence-corrected chi connectivity index (χ2v) is 5.69. The Labute approximate surface area is 137 Å². The van der Waals surface area contributed by atoms with E-state index in [-0.39, 0.29) is 11.6 Å². The minimum Gasteiger partial charge on any atom is -0.445 e. The predicted octanol–water partition coefficient (Wildman–Crippen LogP) is 4.94. The largest absolute Gasteiger partial charge is 0.445 e. The molecule has 0 bridgehead atoms. The quantitative estimate of drug-likeness (QED) is 0.684. The van der Waals surface area contributed by atoms with Crippen LogP contribution in [0.5, 0.6) is 0 Å². The lowest BCUT2D eigenvalue weighted by Crippen LogP contribution is -2.03. The van der Waals surface area contributed by atoms with Crippen LogP contribution in [0.1, 0.15) is 30.0 Å². The molecule has 1 unspecified atom stereocenters. The van der Waals surface area contributed by atoms with Crippen molar-refractivity contribution in [3.05, 3.63) is 77.7 Å². The number of aliphatic imine (C=N–C) groups is 1. The van der Waals surface area contributed by atoms with Gasteiger partial charge >= 0.3 is 0 Å². The van der Waals surface area contributed by atoms with Crippen LogP contribution in [0.4, 0.5) is 8.78 Å². The third-order valence-corrected chi connectivity index (χ3v) is 4.19. The summed E-state index contributed by atoms with van der Waals surface area (Å²) < 4.78 is 33.1. The first-order valence-electron chi connectivity index (χ1n) is 7.73. The normalized spacial score (nSPS) is 17.1. The lowest BCUT2D eigenvalue weighted by Gasteiger charge is -2.07. The van der Waals surface area contributed by atoms with Crippen LogP contribution < -0.4 is 0 Å². The molecule has 24 heavy (non-hydrogen) atoms. The Morgan fingerprint density at radius 2 is 1.75 bits per heavy atom. The Hall–Kier alpha value is -2.82. The Balaban J connectivity index is 1.61. The molecule has 3 aromatic rings. The molecule has 120 valence electrons. The number of halogens is 2. The molecule has 0 radical (unpaired) electrons. The van der Waals surface area contributed by atoms with Gasteiger partial charge in [-0.2, -0.15) is 0 Å². The average molecular weight is 324 g/mol. The van der Waals surface area contributed by atoms with Crippen molar-refractivity contribution < 1.29 is 13.2 Å². The molecule has 1 atom stereocenters. The van der Waals surface area contributed by atoms with E-state index >= 15 is 0 Å². The van der Waals surface area contributed by atoms with Crippen LogP contribution in [0.15, 0.2) is 64.3 Å². The van der Waals surface area contributed by atoms with Gasteiger partial charge in [-0.05, 0) is 42.7 Å². The van der Waals surface area contributed by atoms with Gasteiger partial charge in [0.2, 0.25) is 5.89 Å². The highest BCUT2D eigenvalue weighted by Crippen LogP contribution is 2.33. The molecule has 4 rings (SSSR count). The number of hydrogen-bond donors (Lipinski definition) is 0. The second-order valence-electron chi connectivity index (χ2n) is 5.69. The standard InChI is InChI=1S/C19H14F2N2O/c20-14-2-1-3-15(21)18(14)17-9-8-16(23-17)12-4-6-13(7-5-12)19-22-10-11-24-19/h1-7,10-11,16H,8-9H2. The third kappa shape index (κ3) is 2.62. The molecule has 1 aliphatic heterocycles. The number of hydrogen-bond acceptors (Lipinski definition) is 3. The SMILES string of the molecule is Fc1cccc(F)c1C1=NC(c2ccc(-c3ncco3)cc2)CC1. The number of benzene rings is 2. The summed E-state index contributed by atoms with van der Waals surface area (Å²) in [6.45, 7) is 0. The van der Waals surface area contributed by atoms with Gasteiger partial charge in [-0.1, -0.05) is 18.2 Å². The zero-order chi connectivity index (χ0) is 16.5. The summed E-state index contributed by atoms with van der Waals surface area (Å²) >= 11 is 0. The Morgan fingerprint density at radius 1 is 1.00 bits per heavy atom. The first-order chi connectivity index (χ1) is 11.7. The fourth-order valence-electron chi connectivity index (χ4n) is 3.01. The maximum atomic E-state index is 13.9. The van der Waals surface area contributed by atoms with Crippen molar-refractivity contribution in [3.63, 3.8) is 0 Å². The molecule has 0 N–H and O–H groups in total. The highest BCUT2D eigenvalue weighted by atomic mass is 19.1. The number of nitrogens with zero attached hydrogens (tertiary/aromatic N) is 2. The molecular formula is C19H14F2N2O. The third-order valence-electron chi connectivity index (χ3n) is 4.19. The number of oxazole rings is 1. The van der Waals surface area contributed by atoms with Crippen LogP contribution in [0, 0.1) is 11.6 Å². The van der Waals surface area contributed by atoms with Gasteiger partial charge < -0.3 is 4.42 Å². The van der Waals surface area contributed by atoms with Gasteiger partial charge in [0, 0.05) is 11.3 Å². The van der Waals surface area contributed by atoms with Crippen molar-refractivity contribution in [3.8, 4) is 11.5 Å². The van der Waals surface area contributed by atoms with Crippen molar-refractivity contribution in [1.29, 1.82) is 0 Å². The van der Waals surface area contributed by atoms with E-state index in [9.17, 15) is 8.78 Å². The molecule has 1 aliphatic rings. The average Bonchev–Trinajstić information content (AvgIpc) is 3.27. The molecule has 0 fully saturated rings. The lowest BCUT2D eigenvalue weighted by atomic mass is 10.0. The molecule has 2 heterocycles. The Morgan fingerprint density at radius 3 is 2.42 bits per heavy atom. The van der Waals surface area contributed by atoms with Crippen molar-refractivity contribution in [2.45, 2.75) is 18.9 Å². The number of rotatable bonds is 3. The first kappa shape index (κ1) is 14.8. The highest BCUT2D eigenvalue weighted by Gasteiger charge is 2.24. The highest BCUT2D eigenvalue weighted by molar-refractivity contribution is 6.02. The first-order valence-corrected chi connectivity index (χ1v) is 7.73. The van der Waals surface area contributed by atoms with Crippen molar-refractivity contribution in [2.24, 2.45) is 4.99 Å². The maximum absolute atomic E-state index is 13.9. The Kier molecular flexibility index (Phi) is 3.69. The van der Waals surface area contributed by atoms with E-state index in [4.69, 9.17) is 4.42 Å². The summed E-state index contributed by atoms with van der Waals surface area (Å²) in [5, 5.41) is 0. The van der Waals surface area contributed by atoms with Gasteiger partial charge in [-0.3, -0.25) is 4.99 Å². The molecule has 2 aromatic carbocycles. The summed E-state index contributed by atoms with van der Waals surface area (Å²) in [6, 6.07) is 11.5. The molecule has 0 aliphatic carbocycles. The summed E-state index contributed by atoms with van der Waals surface area (Å²) in [4.78, 5) is 8.65. The van der Waals surface area contributed by atoms with Gasteiger partial charge in [-0.25, -0.2) is 13.8 Å². The minimum atomic E-state index is -0.561. The molecule has 3 nitrogen and oxygen atoms in total. The zero-order valence-corrected chi connectivity index (χ0v) is 12.7.